The summed E-state index contributed by atoms with van der Waals surface area (Å²) in [6.45, 7) is 0.140. The Labute approximate surface area is 118 Å². The van der Waals surface area contributed by atoms with E-state index in [4.69, 9.17) is 11.6 Å². The van der Waals surface area contributed by atoms with Gasteiger partial charge in [-0.1, -0.05) is 11.6 Å². The van der Waals surface area contributed by atoms with Crippen molar-refractivity contribution in [1.82, 2.24) is 9.97 Å². The topological polar surface area (TPSA) is 63.2 Å². The third-order valence-electron chi connectivity index (χ3n) is 2.92. The fraction of sp³-hybridized carbons (Fsp3) is 0.600. The zero-order chi connectivity index (χ0) is 15.1. The molecule has 1 aliphatic heterocycles. The van der Waals surface area contributed by atoms with Crippen molar-refractivity contribution in [3.8, 4) is 0 Å². The number of sulfone groups is 1. The zero-order valence-electron chi connectivity index (χ0n) is 10.4. The maximum atomic E-state index is 12.9. The summed E-state index contributed by atoms with van der Waals surface area (Å²) in [7, 11) is -3.74. The average Bonchev–Trinajstić information content (AvgIpc) is 2.75. The first-order valence-corrected chi connectivity index (χ1v) is 7.94. The van der Waals surface area contributed by atoms with Crippen molar-refractivity contribution in [3.05, 3.63) is 11.2 Å². The van der Waals surface area contributed by atoms with Crippen molar-refractivity contribution in [2.45, 2.75) is 30.2 Å². The van der Waals surface area contributed by atoms with E-state index in [2.05, 4.69) is 9.97 Å². The van der Waals surface area contributed by atoms with E-state index in [1.165, 1.54) is 0 Å². The minimum Gasteiger partial charge on any atom is -0.344 e. The van der Waals surface area contributed by atoms with Gasteiger partial charge in [0.2, 0.25) is 15.0 Å². The first-order chi connectivity index (χ1) is 9.09. The van der Waals surface area contributed by atoms with Crippen LogP contribution in [-0.4, -0.2) is 43.4 Å². The lowest BCUT2D eigenvalue weighted by Crippen LogP contribution is -2.41. The number of nitrogens with zero attached hydrogens (tertiary/aromatic N) is 3. The smallest absolute Gasteiger partial charge is 0.344 e. The van der Waals surface area contributed by atoms with Crippen LogP contribution in [0.5, 0.6) is 0 Å². The summed E-state index contributed by atoms with van der Waals surface area (Å²) in [5.41, 5.74) is 0. The highest BCUT2D eigenvalue weighted by Crippen LogP contribution is 2.35. The van der Waals surface area contributed by atoms with E-state index in [1.807, 2.05) is 0 Å². The highest BCUT2D eigenvalue weighted by molar-refractivity contribution is 7.90. The van der Waals surface area contributed by atoms with Crippen molar-refractivity contribution in [1.29, 1.82) is 0 Å². The Bertz CT molecular complexity index is 621. The summed E-state index contributed by atoms with van der Waals surface area (Å²) in [4.78, 5) is 8.23. The van der Waals surface area contributed by atoms with Crippen LogP contribution in [0.3, 0.4) is 0 Å². The fourth-order valence-electron chi connectivity index (χ4n) is 2.08. The average molecular weight is 330 g/mol. The molecular weight excluding hydrogens is 319 g/mol. The van der Waals surface area contributed by atoms with Gasteiger partial charge < -0.3 is 4.90 Å². The van der Waals surface area contributed by atoms with Gasteiger partial charge >= 0.3 is 6.18 Å². The lowest BCUT2D eigenvalue weighted by Gasteiger charge is -2.27. The van der Waals surface area contributed by atoms with Gasteiger partial charge in [0.15, 0.2) is 0 Å². The van der Waals surface area contributed by atoms with Gasteiger partial charge in [-0.2, -0.15) is 13.2 Å². The van der Waals surface area contributed by atoms with Gasteiger partial charge in [-0.3, -0.25) is 0 Å². The van der Waals surface area contributed by atoms with Crippen LogP contribution in [0.1, 0.15) is 12.8 Å². The summed E-state index contributed by atoms with van der Waals surface area (Å²) in [6, 6.07) is -0.541. The van der Waals surface area contributed by atoms with Crippen molar-refractivity contribution in [3.63, 3.8) is 0 Å². The molecule has 2 heterocycles. The second kappa shape index (κ2) is 5.03. The maximum absolute atomic E-state index is 12.9. The third-order valence-corrected chi connectivity index (χ3v) is 3.96. The number of hydrogen-bond donors (Lipinski definition) is 0. The summed E-state index contributed by atoms with van der Waals surface area (Å²) >= 11 is 5.67. The normalized spacial score (nSPS) is 20.4. The second-order valence-electron chi connectivity index (χ2n) is 4.50. The molecule has 0 bridgehead atoms. The van der Waals surface area contributed by atoms with Crippen molar-refractivity contribution in [2.75, 3.05) is 17.7 Å². The van der Waals surface area contributed by atoms with Crippen molar-refractivity contribution >= 4 is 27.3 Å². The molecule has 0 N–H and O–H groups in total. The fourth-order valence-corrected chi connectivity index (χ4v) is 2.83. The van der Waals surface area contributed by atoms with Gasteiger partial charge in [-0.25, -0.2) is 18.4 Å². The van der Waals surface area contributed by atoms with E-state index in [0.717, 1.165) is 17.2 Å². The molecule has 1 aromatic heterocycles. The number of halogens is 4. The molecule has 1 aliphatic rings. The molecule has 1 unspecified atom stereocenters. The van der Waals surface area contributed by atoms with E-state index in [0.29, 0.717) is 6.42 Å². The number of anilines is 1. The van der Waals surface area contributed by atoms with Crippen molar-refractivity contribution in [2.24, 2.45) is 0 Å². The number of hydrogen-bond acceptors (Lipinski definition) is 5. The van der Waals surface area contributed by atoms with Crippen LogP contribution in [0.2, 0.25) is 5.15 Å². The molecule has 20 heavy (non-hydrogen) atoms. The summed E-state index contributed by atoms with van der Waals surface area (Å²) in [5, 5.41) is -0.781. The standard InChI is InChI=1S/C10H11ClF3N3O2S/c1-20(18,19)9-15-7(11)5-8(16-9)17-4-2-3-6(17)10(12,13)14/h5-6H,2-4H2,1H3. The molecular formula is C10H11ClF3N3O2S. The van der Waals surface area contributed by atoms with Gasteiger partial charge in [-0.15, -0.1) is 0 Å². The second-order valence-corrected chi connectivity index (χ2v) is 6.79. The van der Waals surface area contributed by atoms with Gasteiger partial charge in [-0.05, 0) is 12.8 Å². The minimum absolute atomic E-state index is 0.0562. The third kappa shape index (κ3) is 3.14. The Morgan fingerprint density at radius 3 is 2.60 bits per heavy atom. The van der Waals surface area contributed by atoms with Crippen LogP contribution < -0.4 is 4.90 Å². The Hall–Kier alpha value is -1.09. The molecule has 1 atom stereocenters. The first-order valence-electron chi connectivity index (χ1n) is 5.67. The van der Waals surface area contributed by atoms with Gasteiger partial charge in [0.1, 0.15) is 17.0 Å². The van der Waals surface area contributed by atoms with Crippen molar-refractivity contribution < 1.29 is 21.6 Å². The van der Waals surface area contributed by atoms with Crippen LogP contribution in [0.15, 0.2) is 11.2 Å². The Balaban J connectivity index is 2.45. The predicted molar refractivity (Wildman–Crippen MR) is 66.6 cm³/mol. The van der Waals surface area contributed by atoms with Crippen LogP contribution in [-0.2, 0) is 9.84 Å². The van der Waals surface area contributed by atoms with E-state index in [9.17, 15) is 21.6 Å². The highest BCUT2D eigenvalue weighted by Gasteiger charge is 2.46. The molecule has 1 fully saturated rings. The SMILES string of the molecule is CS(=O)(=O)c1nc(Cl)cc(N2CCCC2C(F)(F)F)n1. The number of aromatic nitrogens is 2. The molecule has 0 spiro atoms. The lowest BCUT2D eigenvalue weighted by molar-refractivity contribution is -0.146. The largest absolute Gasteiger partial charge is 0.408 e. The van der Waals surface area contributed by atoms with Gasteiger partial charge in [0.05, 0.1) is 0 Å². The van der Waals surface area contributed by atoms with Gasteiger partial charge in [0, 0.05) is 18.9 Å². The molecule has 0 aliphatic carbocycles. The molecule has 0 amide bonds. The Morgan fingerprint density at radius 2 is 2.05 bits per heavy atom. The molecule has 1 saturated heterocycles. The number of rotatable bonds is 2. The molecule has 112 valence electrons. The summed E-state index contributed by atoms with van der Waals surface area (Å²) in [6.07, 6.45) is -3.24. The van der Waals surface area contributed by atoms with Gasteiger partial charge in [0.25, 0.3) is 0 Å². The Kier molecular flexibility index (Phi) is 3.85. The Morgan fingerprint density at radius 1 is 1.40 bits per heavy atom. The maximum Gasteiger partial charge on any atom is 0.408 e. The number of alkyl halides is 3. The molecule has 1 aromatic rings. The zero-order valence-corrected chi connectivity index (χ0v) is 11.9. The minimum atomic E-state index is -4.40. The molecule has 0 radical (unpaired) electrons. The molecule has 0 aromatic carbocycles. The summed E-state index contributed by atoms with van der Waals surface area (Å²) in [5.74, 6) is -0.120. The molecule has 10 heteroatoms. The van der Waals surface area contributed by atoms with E-state index < -0.39 is 27.2 Å². The van der Waals surface area contributed by atoms with Crippen LogP contribution in [0, 0.1) is 0 Å². The molecule has 5 nitrogen and oxygen atoms in total. The lowest BCUT2D eigenvalue weighted by atomic mass is 10.2. The predicted octanol–water partition coefficient (Wildman–Crippen LogP) is 2.06. The molecule has 0 saturated carbocycles. The van der Waals surface area contributed by atoms with E-state index in [1.54, 1.807) is 0 Å². The monoisotopic (exact) mass is 329 g/mol. The van der Waals surface area contributed by atoms with E-state index in [-0.39, 0.29) is 23.9 Å². The van der Waals surface area contributed by atoms with Crippen LogP contribution >= 0.6 is 11.6 Å². The van der Waals surface area contributed by atoms with Crippen LogP contribution in [0.25, 0.3) is 0 Å². The summed E-state index contributed by atoms with van der Waals surface area (Å²) < 4.78 is 61.5. The first kappa shape index (κ1) is 15.3. The van der Waals surface area contributed by atoms with Crippen LogP contribution in [0.4, 0.5) is 19.0 Å². The highest BCUT2D eigenvalue weighted by atomic mass is 35.5. The van der Waals surface area contributed by atoms with E-state index >= 15 is 0 Å². The molecule has 2 rings (SSSR count). The quantitative estimate of drug-likeness (QED) is 0.614.